The molecule has 0 radical (unpaired) electrons. The zero-order valence-corrected chi connectivity index (χ0v) is 13.8. The van der Waals surface area contributed by atoms with Crippen LogP contribution in [0.3, 0.4) is 0 Å². The van der Waals surface area contributed by atoms with Gasteiger partial charge in [0, 0.05) is 13.0 Å². The number of allylic oxidation sites excluding steroid dienone is 2. The van der Waals surface area contributed by atoms with E-state index in [4.69, 9.17) is 0 Å². The molecule has 0 unspecified atom stereocenters. The molecule has 118 valence electrons. The van der Waals surface area contributed by atoms with Crippen LogP contribution in [0.5, 0.6) is 0 Å². The number of carbonyl (C=O) groups is 1. The Kier molecular flexibility index (Phi) is 14.0. The highest BCUT2D eigenvalue weighted by Crippen LogP contribution is 2.07. The molecule has 0 fully saturated rings. The maximum Gasteiger partial charge on any atom is 0.219 e. The largest absolute Gasteiger partial charge is 0.356 e. The summed E-state index contributed by atoms with van der Waals surface area (Å²) in [5.74, 6) is 0.217. The van der Waals surface area contributed by atoms with Crippen LogP contribution in [0.4, 0.5) is 0 Å². The van der Waals surface area contributed by atoms with Crippen molar-refractivity contribution >= 4 is 5.91 Å². The molecule has 20 heavy (non-hydrogen) atoms. The van der Waals surface area contributed by atoms with Crippen LogP contribution < -0.4 is 5.32 Å². The zero-order chi connectivity index (χ0) is 15.1. The van der Waals surface area contributed by atoms with Gasteiger partial charge in [0.05, 0.1) is 0 Å². The highest BCUT2D eigenvalue weighted by molar-refractivity contribution is 5.75. The number of amides is 1. The van der Waals surface area contributed by atoms with Gasteiger partial charge >= 0.3 is 0 Å². The average molecular weight is 282 g/mol. The van der Waals surface area contributed by atoms with E-state index in [1.165, 1.54) is 32.1 Å². The van der Waals surface area contributed by atoms with Crippen molar-refractivity contribution in [3.63, 3.8) is 0 Å². The summed E-state index contributed by atoms with van der Waals surface area (Å²) in [5.41, 5.74) is 0. The second-order valence-electron chi connectivity index (χ2n) is 5.69. The minimum Gasteiger partial charge on any atom is -0.356 e. The van der Waals surface area contributed by atoms with Crippen LogP contribution in [0.15, 0.2) is 12.2 Å². The Morgan fingerprint density at radius 2 is 1.70 bits per heavy atom. The molecule has 0 aromatic carbocycles. The maximum atomic E-state index is 11.6. The van der Waals surface area contributed by atoms with E-state index in [0.717, 1.165) is 32.4 Å². The van der Waals surface area contributed by atoms with Gasteiger partial charge in [-0.1, -0.05) is 38.3 Å². The first-order valence-electron chi connectivity index (χ1n) is 8.23. The quantitative estimate of drug-likeness (QED) is 0.412. The van der Waals surface area contributed by atoms with Gasteiger partial charge in [-0.3, -0.25) is 4.79 Å². The van der Waals surface area contributed by atoms with Crippen molar-refractivity contribution in [1.82, 2.24) is 10.2 Å². The lowest BCUT2D eigenvalue weighted by Gasteiger charge is -2.09. The first-order chi connectivity index (χ1) is 9.66. The van der Waals surface area contributed by atoms with Crippen molar-refractivity contribution in [2.75, 3.05) is 27.2 Å². The normalized spacial score (nSPS) is 11.4. The second-order valence-corrected chi connectivity index (χ2v) is 5.69. The molecule has 0 aliphatic rings. The molecule has 0 saturated carbocycles. The third-order valence-corrected chi connectivity index (χ3v) is 3.28. The Morgan fingerprint density at radius 3 is 2.40 bits per heavy atom. The monoisotopic (exact) mass is 282 g/mol. The number of nitrogens with zero attached hydrogens (tertiary/aromatic N) is 1. The van der Waals surface area contributed by atoms with Crippen molar-refractivity contribution in [2.45, 2.75) is 64.7 Å². The summed E-state index contributed by atoms with van der Waals surface area (Å²) in [7, 11) is 4.11. The highest BCUT2D eigenvalue weighted by Gasteiger charge is 2.00. The minimum atomic E-state index is 0.217. The van der Waals surface area contributed by atoms with Gasteiger partial charge in [-0.25, -0.2) is 0 Å². The van der Waals surface area contributed by atoms with Crippen molar-refractivity contribution in [1.29, 1.82) is 0 Å². The molecular formula is C17H34N2O. The number of hydrogen-bond donors (Lipinski definition) is 1. The van der Waals surface area contributed by atoms with Crippen LogP contribution in [0, 0.1) is 0 Å². The molecule has 0 aliphatic carbocycles. The van der Waals surface area contributed by atoms with Gasteiger partial charge in [0.25, 0.3) is 0 Å². The van der Waals surface area contributed by atoms with Crippen molar-refractivity contribution < 1.29 is 4.79 Å². The van der Waals surface area contributed by atoms with E-state index in [1.54, 1.807) is 0 Å². The van der Waals surface area contributed by atoms with Crippen molar-refractivity contribution in [3.05, 3.63) is 12.2 Å². The SMILES string of the molecule is CCC=CCCCCCCCC(=O)NCCCN(C)C. The third kappa shape index (κ3) is 15.2. The Labute approximate surface area is 125 Å². The Morgan fingerprint density at radius 1 is 1.00 bits per heavy atom. The summed E-state index contributed by atoms with van der Waals surface area (Å²) in [6, 6.07) is 0. The first kappa shape index (κ1) is 19.2. The van der Waals surface area contributed by atoms with E-state index in [-0.39, 0.29) is 5.91 Å². The van der Waals surface area contributed by atoms with E-state index in [9.17, 15) is 4.79 Å². The van der Waals surface area contributed by atoms with E-state index in [2.05, 4.69) is 43.4 Å². The Hall–Kier alpha value is -0.830. The molecule has 0 bridgehead atoms. The summed E-state index contributed by atoms with van der Waals surface area (Å²) < 4.78 is 0. The van der Waals surface area contributed by atoms with Crippen LogP contribution in [-0.4, -0.2) is 38.0 Å². The highest BCUT2D eigenvalue weighted by atomic mass is 16.1. The van der Waals surface area contributed by atoms with Crippen LogP contribution in [0.25, 0.3) is 0 Å². The topological polar surface area (TPSA) is 32.3 Å². The summed E-state index contributed by atoms with van der Waals surface area (Å²) in [5, 5.41) is 2.99. The van der Waals surface area contributed by atoms with Gasteiger partial charge in [-0.05, 0) is 52.7 Å². The van der Waals surface area contributed by atoms with Gasteiger partial charge in [0.1, 0.15) is 0 Å². The summed E-state index contributed by atoms with van der Waals surface area (Å²) in [4.78, 5) is 13.7. The third-order valence-electron chi connectivity index (χ3n) is 3.28. The number of rotatable bonds is 13. The summed E-state index contributed by atoms with van der Waals surface area (Å²) in [6.07, 6.45) is 14.6. The molecule has 1 N–H and O–H groups in total. The van der Waals surface area contributed by atoms with Gasteiger partial charge < -0.3 is 10.2 Å². The fourth-order valence-corrected chi connectivity index (χ4v) is 2.07. The smallest absolute Gasteiger partial charge is 0.219 e. The standard InChI is InChI=1S/C17H34N2O/c1-4-5-6-7-8-9-10-11-12-14-17(20)18-15-13-16-19(2)3/h5-6H,4,7-16H2,1-3H3,(H,18,20). The Bertz CT molecular complexity index is 249. The molecule has 0 heterocycles. The van der Waals surface area contributed by atoms with E-state index in [0.29, 0.717) is 6.42 Å². The minimum absolute atomic E-state index is 0.217. The molecule has 0 aromatic rings. The van der Waals surface area contributed by atoms with E-state index < -0.39 is 0 Å². The fourth-order valence-electron chi connectivity index (χ4n) is 2.07. The molecule has 0 rings (SSSR count). The molecule has 0 aromatic heterocycles. The molecule has 0 spiro atoms. The van der Waals surface area contributed by atoms with Crippen LogP contribution in [0.1, 0.15) is 64.7 Å². The van der Waals surface area contributed by atoms with Crippen LogP contribution in [0.2, 0.25) is 0 Å². The van der Waals surface area contributed by atoms with Gasteiger partial charge in [-0.15, -0.1) is 0 Å². The summed E-state index contributed by atoms with van der Waals surface area (Å²) in [6.45, 7) is 4.01. The molecular weight excluding hydrogens is 248 g/mol. The average Bonchev–Trinajstić information content (AvgIpc) is 2.41. The lowest BCUT2D eigenvalue weighted by Crippen LogP contribution is -2.26. The van der Waals surface area contributed by atoms with E-state index in [1.807, 2.05) is 0 Å². The van der Waals surface area contributed by atoms with Crippen molar-refractivity contribution in [2.24, 2.45) is 0 Å². The fraction of sp³-hybridized carbons (Fsp3) is 0.824. The lowest BCUT2D eigenvalue weighted by molar-refractivity contribution is -0.121. The zero-order valence-electron chi connectivity index (χ0n) is 13.8. The molecule has 0 atom stereocenters. The molecule has 0 aliphatic heterocycles. The molecule has 3 nitrogen and oxygen atoms in total. The maximum absolute atomic E-state index is 11.6. The molecule has 0 saturated heterocycles. The van der Waals surface area contributed by atoms with Crippen LogP contribution in [-0.2, 0) is 4.79 Å². The van der Waals surface area contributed by atoms with Gasteiger partial charge in [0.15, 0.2) is 0 Å². The number of unbranched alkanes of at least 4 members (excludes halogenated alkanes) is 5. The second kappa shape index (κ2) is 14.6. The predicted octanol–water partition coefficient (Wildman–Crippen LogP) is 3.75. The van der Waals surface area contributed by atoms with Crippen LogP contribution >= 0.6 is 0 Å². The van der Waals surface area contributed by atoms with Gasteiger partial charge in [0.2, 0.25) is 5.91 Å². The number of carbonyl (C=O) groups excluding carboxylic acids is 1. The summed E-state index contributed by atoms with van der Waals surface area (Å²) >= 11 is 0. The number of nitrogens with one attached hydrogen (secondary N) is 1. The van der Waals surface area contributed by atoms with Crippen molar-refractivity contribution in [3.8, 4) is 0 Å². The molecule has 1 amide bonds. The molecule has 3 heteroatoms. The number of hydrogen-bond acceptors (Lipinski definition) is 2. The first-order valence-corrected chi connectivity index (χ1v) is 8.23. The lowest BCUT2D eigenvalue weighted by atomic mass is 10.1. The van der Waals surface area contributed by atoms with Gasteiger partial charge in [-0.2, -0.15) is 0 Å². The Balaban J connectivity index is 3.21. The van der Waals surface area contributed by atoms with E-state index >= 15 is 0 Å². The predicted molar refractivity (Wildman–Crippen MR) is 87.9 cm³/mol.